The molecule has 0 amide bonds. The lowest BCUT2D eigenvalue weighted by Crippen LogP contribution is -2.07. The Morgan fingerprint density at radius 3 is 2.58 bits per heavy atom. The highest BCUT2D eigenvalue weighted by Crippen LogP contribution is 2.22. The number of para-hydroxylation sites is 3. The number of nitrogens with zero attached hydrogens (tertiary/aromatic N) is 2. The van der Waals surface area contributed by atoms with Gasteiger partial charge >= 0.3 is 0 Å². The summed E-state index contributed by atoms with van der Waals surface area (Å²) in [5, 5.41) is 13.5. The zero-order valence-electron chi connectivity index (χ0n) is 9.95. The van der Waals surface area contributed by atoms with E-state index in [-0.39, 0.29) is 11.6 Å². The number of aromatic nitrogens is 1. The van der Waals surface area contributed by atoms with Gasteiger partial charge in [-0.1, -0.05) is 24.3 Å². The van der Waals surface area contributed by atoms with Gasteiger partial charge in [0.05, 0.1) is 0 Å². The third-order valence-corrected chi connectivity index (χ3v) is 2.78. The number of fused-ring (bicyclic) bond motifs is 1. The van der Waals surface area contributed by atoms with Gasteiger partial charge in [-0.25, -0.2) is 4.98 Å². The Morgan fingerprint density at radius 1 is 1.11 bits per heavy atom. The molecular formula is C14H11N3O2. The maximum Gasteiger partial charge on any atom is 0.248 e. The summed E-state index contributed by atoms with van der Waals surface area (Å²) < 4.78 is 5.60. The largest absolute Gasteiger partial charge is 0.507 e. The summed E-state index contributed by atoms with van der Waals surface area (Å²) >= 11 is 0. The van der Waals surface area contributed by atoms with Gasteiger partial charge in [-0.05, 0) is 24.3 Å². The highest BCUT2D eigenvalue weighted by Gasteiger charge is 2.17. The Morgan fingerprint density at radius 2 is 1.84 bits per heavy atom. The predicted octanol–water partition coefficient (Wildman–Crippen LogP) is 2.24. The molecule has 0 radical (unpaired) electrons. The van der Waals surface area contributed by atoms with Crippen molar-refractivity contribution in [3.63, 3.8) is 0 Å². The highest BCUT2D eigenvalue weighted by molar-refractivity contribution is 6.12. The molecule has 0 aliphatic heterocycles. The van der Waals surface area contributed by atoms with Crippen LogP contribution in [-0.4, -0.2) is 15.8 Å². The summed E-state index contributed by atoms with van der Waals surface area (Å²) in [4.78, 5) is 4.31. The normalized spacial score (nSPS) is 11.9. The molecular weight excluding hydrogens is 242 g/mol. The van der Waals surface area contributed by atoms with E-state index in [0.29, 0.717) is 22.4 Å². The molecule has 3 aromatic rings. The van der Waals surface area contributed by atoms with Gasteiger partial charge in [-0.3, -0.25) is 0 Å². The lowest BCUT2D eigenvalue weighted by Gasteiger charge is -2.03. The van der Waals surface area contributed by atoms with Crippen LogP contribution in [0.4, 0.5) is 0 Å². The molecule has 94 valence electrons. The molecule has 0 atom stereocenters. The first-order valence-electron chi connectivity index (χ1n) is 5.72. The monoisotopic (exact) mass is 253 g/mol. The summed E-state index contributed by atoms with van der Waals surface area (Å²) in [6.45, 7) is 0. The van der Waals surface area contributed by atoms with Crippen LogP contribution in [0, 0.1) is 0 Å². The molecule has 0 saturated carbocycles. The number of aromatic hydroxyl groups is 1. The molecule has 0 aliphatic rings. The van der Waals surface area contributed by atoms with Crippen molar-refractivity contribution in [1.29, 1.82) is 0 Å². The van der Waals surface area contributed by atoms with Crippen LogP contribution in [0.1, 0.15) is 11.5 Å². The fraction of sp³-hybridized carbons (Fsp3) is 0. The minimum atomic E-state index is 0.0777. The molecule has 3 rings (SSSR count). The zero-order valence-corrected chi connectivity index (χ0v) is 9.95. The van der Waals surface area contributed by atoms with E-state index in [2.05, 4.69) is 10.1 Å². The Kier molecular flexibility index (Phi) is 2.64. The van der Waals surface area contributed by atoms with E-state index in [4.69, 9.17) is 10.3 Å². The predicted molar refractivity (Wildman–Crippen MR) is 71.9 cm³/mol. The number of phenolic OH excluding ortho intramolecular Hbond substituents is 1. The van der Waals surface area contributed by atoms with Gasteiger partial charge in [-0.15, -0.1) is 0 Å². The number of rotatable bonds is 2. The molecule has 19 heavy (non-hydrogen) atoms. The maximum absolute atomic E-state index is 9.84. The molecule has 0 saturated heterocycles. The molecule has 0 bridgehead atoms. The van der Waals surface area contributed by atoms with Crippen molar-refractivity contribution >= 4 is 16.8 Å². The number of benzene rings is 2. The van der Waals surface area contributed by atoms with E-state index >= 15 is 0 Å². The quantitative estimate of drug-likeness (QED) is 0.416. The van der Waals surface area contributed by atoms with E-state index in [1.807, 2.05) is 24.3 Å². The van der Waals surface area contributed by atoms with E-state index in [1.54, 1.807) is 24.3 Å². The Bertz CT molecular complexity index is 729. The van der Waals surface area contributed by atoms with Gasteiger partial charge in [0.15, 0.2) is 11.3 Å². The minimum Gasteiger partial charge on any atom is -0.507 e. The molecule has 5 nitrogen and oxygen atoms in total. The second kappa shape index (κ2) is 4.45. The molecule has 0 spiro atoms. The van der Waals surface area contributed by atoms with Gasteiger partial charge in [0, 0.05) is 5.56 Å². The van der Waals surface area contributed by atoms with Crippen LogP contribution in [-0.2, 0) is 0 Å². The molecule has 1 aromatic heterocycles. The zero-order chi connectivity index (χ0) is 13.2. The van der Waals surface area contributed by atoms with Gasteiger partial charge in [0.2, 0.25) is 5.89 Å². The van der Waals surface area contributed by atoms with Crippen molar-refractivity contribution in [2.24, 2.45) is 10.9 Å². The average Bonchev–Trinajstić information content (AvgIpc) is 2.85. The number of hydrazone groups is 1. The maximum atomic E-state index is 9.84. The molecule has 5 heteroatoms. The van der Waals surface area contributed by atoms with Crippen LogP contribution in [0.2, 0.25) is 0 Å². The van der Waals surface area contributed by atoms with Gasteiger partial charge in [-0.2, -0.15) is 5.10 Å². The van der Waals surface area contributed by atoms with Crippen molar-refractivity contribution in [1.82, 2.24) is 4.98 Å². The lowest BCUT2D eigenvalue weighted by atomic mass is 10.1. The average molecular weight is 253 g/mol. The van der Waals surface area contributed by atoms with Crippen LogP contribution in [0.5, 0.6) is 5.75 Å². The molecule has 1 heterocycles. The van der Waals surface area contributed by atoms with Gasteiger partial charge in [0.1, 0.15) is 11.3 Å². The number of hydrogen-bond acceptors (Lipinski definition) is 5. The Labute approximate surface area is 109 Å². The highest BCUT2D eigenvalue weighted by atomic mass is 16.3. The topological polar surface area (TPSA) is 84.6 Å². The Balaban J connectivity index is 2.16. The molecule has 0 fully saturated rings. The first-order valence-corrected chi connectivity index (χ1v) is 5.72. The van der Waals surface area contributed by atoms with Crippen molar-refractivity contribution < 1.29 is 9.52 Å². The summed E-state index contributed by atoms with van der Waals surface area (Å²) in [6, 6.07) is 14.1. The van der Waals surface area contributed by atoms with Crippen LogP contribution < -0.4 is 5.84 Å². The summed E-state index contributed by atoms with van der Waals surface area (Å²) in [5.41, 5.74) is 2.16. The molecule has 0 unspecified atom stereocenters. The number of oxazole rings is 1. The van der Waals surface area contributed by atoms with Crippen molar-refractivity contribution in [2.75, 3.05) is 0 Å². The fourth-order valence-corrected chi connectivity index (χ4v) is 1.89. The fourth-order valence-electron chi connectivity index (χ4n) is 1.89. The lowest BCUT2D eigenvalue weighted by molar-refractivity contribution is 0.473. The van der Waals surface area contributed by atoms with Crippen LogP contribution in [0.3, 0.4) is 0 Å². The smallest absolute Gasteiger partial charge is 0.248 e. The summed E-state index contributed by atoms with van der Waals surface area (Å²) in [6.07, 6.45) is 0. The van der Waals surface area contributed by atoms with E-state index in [9.17, 15) is 5.11 Å². The first kappa shape index (κ1) is 11.3. The molecule has 3 N–H and O–H groups in total. The van der Waals surface area contributed by atoms with E-state index in [1.165, 1.54) is 0 Å². The van der Waals surface area contributed by atoms with Crippen molar-refractivity contribution in [3.8, 4) is 5.75 Å². The number of hydrogen-bond donors (Lipinski definition) is 2. The number of phenols is 1. The van der Waals surface area contributed by atoms with Crippen molar-refractivity contribution in [2.45, 2.75) is 0 Å². The Hall–Kier alpha value is -2.82. The van der Waals surface area contributed by atoms with E-state index in [0.717, 1.165) is 0 Å². The van der Waals surface area contributed by atoms with Crippen LogP contribution in [0.15, 0.2) is 58.0 Å². The van der Waals surface area contributed by atoms with Crippen molar-refractivity contribution in [3.05, 3.63) is 60.0 Å². The summed E-state index contributed by atoms with van der Waals surface area (Å²) in [5.74, 6) is 5.76. The standard InChI is InChI=1S/C14H11N3O2/c15-17-13(9-5-1-3-7-11(9)18)14-16-10-6-2-4-8-12(10)19-14/h1-8,18H,15H2/b17-13+. The van der Waals surface area contributed by atoms with E-state index < -0.39 is 0 Å². The SMILES string of the molecule is N/N=C(/c1nc2ccccc2o1)c1ccccc1O. The second-order valence-electron chi connectivity index (χ2n) is 3.98. The summed E-state index contributed by atoms with van der Waals surface area (Å²) in [7, 11) is 0. The van der Waals surface area contributed by atoms with Gasteiger partial charge in [0.25, 0.3) is 0 Å². The molecule has 2 aromatic carbocycles. The minimum absolute atomic E-state index is 0.0777. The second-order valence-corrected chi connectivity index (χ2v) is 3.98. The third kappa shape index (κ3) is 1.91. The third-order valence-electron chi connectivity index (χ3n) is 2.78. The van der Waals surface area contributed by atoms with Crippen LogP contribution in [0.25, 0.3) is 11.1 Å². The first-order chi connectivity index (χ1) is 9.29. The van der Waals surface area contributed by atoms with Crippen LogP contribution >= 0.6 is 0 Å². The molecule has 0 aliphatic carbocycles. The number of nitrogens with two attached hydrogens (primary N) is 1. The van der Waals surface area contributed by atoms with Gasteiger partial charge < -0.3 is 15.4 Å².